The zero-order valence-corrected chi connectivity index (χ0v) is 13.1. The number of thioether (sulfide) groups is 1. The number of nitrogens with one attached hydrogen (secondary N) is 1. The minimum absolute atomic E-state index is 0.394. The molecule has 2 unspecified atom stereocenters. The molecule has 2 aromatic carbocycles. The lowest BCUT2D eigenvalue weighted by atomic mass is 9.86. The predicted octanol–water partition coefficient (Wildman–Crippen LogP) is 4.45. The lowest BCUT2D eigenvalue weighted by Crippen LogP contribution is -2.25. The molecule has 0 aliphatic carbocycles. The molecule has 0 saturated carbocycles. The first-order valence-corrected chi connectivity index (χ1v) is 8.16. The zero-order valence-electron chi connectivity index (χ0n) is 12.3. The minimum atomic E-state index is 0.394. The number of hydrogen-bond donors (Lipinski definition) is 1. The summed E-state index contributed by atoms with van der Waals surface area (Å²) < 4.78 is 0. The Labute approximate surface area is 125 Å². The molecule has 2 heteroatoms. The standard InChI is InChI=1S/C18H21NS/c1-12-7-6-9-14(13(12)2)18(19-3)16-11-20-17-10-5-4-8-15(16)17/h4-10,16,18-19H,11H2,1-3H3. The van der Waals surface area contributed by atoms with Gasteiger partial charge in [0.1, 0.15) is 0 Å². The summed E-state index contributed by atoms with van der Waals surface area (Å²) in [5.74, 6) is 1.72. The first-order valence-electron chi connectivity index (χ1n) is 7.17. The van der Waals surface area contributed by atoms with Crippen molar-refractivity contribution in [2.24, 2.45) is 0 Å². The van der Waals surface area contributed by atoms with Crippen LogP contribution < -0.4 is 5.32 Å². The van der Waals surface area contributed by atoms with E-state index in [0.29, 0.717) is 12.0 Å². The molecule has 104 valence electrons. The van der Waals surface area contributed by atoms with Crippen molar-refractivity contribution in [3.63, 3.8) is 0 Å². The van der Waals surface area contributed by atoms with Crippen LogP contribution in [0.25, 0.3) is 0 Å². The first-order chi connectivity index (χ1) is 9.72. The van der Waals surface area contributed by atoms with Gasteiger partial charge < -0.3 is 5.32 Å². The summed E-state index contributed by atoms with van der Waals surface area (Å²) in [7, 11) is 2.08. The molecule has 1 nitrogen and oxygen atoms in total. The van der Waals surface area contributed by atoms with Crippen LogP contribution in [0.2, 0.25) is 0 Å². The van der Waals surface area contributed by atoms with Crippen molar-refractivity contribution in [3.05, 3.63) is 64.7 Å². The van der Waals surface area contributed by atoms with Crippen LogP contribution in [0.5, 0.6) is 0 Å². The molecule has 1 N–H and O–H groups in total. The fourth-order valence-corrected chi connectivity index (χ4v) is 4.44. The van der Waals surface area contributed by atoms with Gasteiger partial charge in [0.15, 0.2) is 0 Å². The maximum atomic E-state index is 3.56. The summed E-state index contributed by atoms with van der Waals surface area (Å²) in [4.78, 5) is 1.45. The van der Waals surface area contributed by atoms with Crippen LogP contribution in [-0.4, -0.2) is 12.8 Å². The summed E-state index contributed by atoms with van der Waals surface area (Å²) in [6.07, 6.45) is 0. The van der Waals surface area contributed by atoms with E-state index in [0.717, 1.165) is 5.75 Å². The molecular weight excluding hydrogens is 262 g/mol. The molecule has 2 aromatic rings. The molecular formula is C18H21NS. The first kappa shape index (κ1) is 13.7. The van der Waals surface area contributed by atoms with Crippen molar-refractivity contribution in [2.45, 2.75) is 30.7 Å². The second-order valence-corrected chi connectivity index (χ2v) is 6.57. The van der Waals surface area contributed by atoms with Crippen molar-refractivity contribution in [3.8, 4) is 0 Å². The van der Waals surface area contributed by atoms with Crippen molar-refractivity contribution < 1.29 is 0 Å². The highest BCUT2D eigenvalue weighted by Gasteiger charge is 2.31. The molecule has 0 amide bonds. The summed E-state index contributed by atoms with van der Waals surface area (Å²) in [5.41, 5.74) is 5.73. The fraction of sp³-hybridized carbons (Fsp3) is 0.333. The van der Waals surface area contributed by atoms with Gasteiger partial charge in [-0.1, -0.05) is 36.4 Å². The Morgan fingerprint density at radius 3 is 2.70 bits per heavy atom. The van der Waals surface area contributed by atoms with Crippen LogP contribution in [0.1, 0.15) is 34.2 Å². The average Bonchev–Trinajstić information content (AvgIpc) is 2.88. The Morgan fingerprint density at radius 2 is 1.90 bits per heavy atom. The third-order valence-corrected chi connectivity index (χ3v) is 5.64. The highest BCUT2D eigenvalue weighted by atomic mass is 32.2. The summed E-state index contributed by atoms with van der Waals surface area (Å²) in [5, 5.41) is 3.56. The average molecular weight is 283 g/mol. The van der Waals surface area contributed by atoms with Gasteiger partial charge in [0.05, 0.1) is 0 Å². The molecule has 0 radical (unpaired) electrons. The normalized spacial score (nSPS) is 18.9. The van der Waals surface area contributed by atoms with Crippen LogP contribution >= 0.6 is 11.8 Å². The van der Waals surface area contributed by atoms with Gasteiger partial charge in [0.25, 0.3) is 0 Å². The highest BCUT2D eigenvalue weighted by Crippen LogP contribution is 2.45. The molecule has 0 aromatic heterocycles. The van der Waals surface area contributed by atoms with E-state index in [2.05, 4.69) is 68.7 Å². The van der Waals surface area contributed by atoms with Gasteiger partial charge in [0.2, 0.25) is 0 Å². The second kappa shape index (κ2) is 5.63. The van der Waals surface area contributed by atoms with Gasteiger partial charge in [-0.3, -0.25) is 0 Å². The van der Waals surface area contributed by atoms with Gasteiger partial charge in [0, 0.05) is 22.6 Å². The largest absolute Gasteiger partial charge is 0.312 e. The number of aryl methyl sites for hydroxylation is 1. The third-order valence-electron chi connectivity index (χ3n) is 4.43. The van der Waals surface area contributed by atoms with Gasteiger partial charge in [-0.25, -0.2) is 0 Å². The van der Waals surface area contributed by atoms with Gasteiger partial charge in [-0.05, 0) is 49.2 Å². The highest BCUT2D eigenvalue weighted by molar-refractivity contribution is 7.99. The van der Waals surface area contributed by atoms with Gasteiger partial charge >= 0.3 is 0 Å². The van der Waals surface area contributed by atoms with Crippen molar-refractivity contribution in [1.82, 2.24) is 5.32 Å². The molecule has 0 saturated heterocycles. The number of likely N-dealkylation sites (N-methyl/N-ethyl adjacent to an activating group) is 1. The van der Waals surface area contributed by atoms with Crippen molar-refractivity contribution in [1.29, 1.82) is 0 Å². The monoisotopic (exact) mass is 283 g/mol. The lowest BCUT2D eigenvalue weighted by molar-refractivity contribution is 0.512. The second-order valence-electron chi connectivity index (χ2n) is 5.51. The maximum Gasteiger partial charge on any atom is 0.0398 e. The van der Waals surface area contributed by atoms with E-state index in [1.54, 1.807) is 0 Å². The summed E-state index contributed by atoms with van der Waals surface area (Å²) in [6, 6.07) is 15.9. The Morgan fingerprint density at radius 1 is 1.10 bits per heavy atom. The van der Waals surface area contributed by atoms with E-state index in [-0.39, 0.29) is 0 Å². The zero-order chi connectivity index (χ0) is 14.1. The van der Waals surface area contributed by atoms with Crippen LogP contribution in [0.4, 0.5) is 0 Å². The van der Waals surface area contributed by atoms with Crippen molar-refractivity contribution >= 4 is 11.8 Å². The smallest absolute Gasteiger partial charge is 0.0398 e. The molecule has 0 spiro atoms. The van der Waals surface area contributed by atoms with Crippen molar-refractivity contribution in [2.75, 3.05) is 12.8 Å². The molecule has 20 heavy (non-hydrogen) atoms. The fourth-order valence-electron chi connectivity index (χ4n) is 3.15. The van der Waals surface area contributed by atoms with Crippen LogP contribution in [0.15, 0.2) is 47.4 Å². The number of hydrogen-bond acceptors (Lipinski definition) is 2. The number of benzene rings is 2. The molecule has 1 heterocycles. The molecule has 0 bridgehead atoms. The summed E-state index contributed by atoms with van der Waals surface area (Å²) in [6.45, 7) is 4.44. The number of rotatable bonds is 3. The van der Waals surface area contributed by atoms with Crippen LogP contribution in [0, 0.1) is 13.8 Å². The molecule has 1 aliphatic rings. The lowest BCUT2D eigenvalue weighted by Gasteiger charge is -2.26. The quantitative estimate of drug-likeness (QED) is 0.893. The Hall–Kier alpha value is -1.25. The number of fused-ring (bicyclic) bond motifs is 1. The van der Waals surface area contributed by atoms with E-state index in [1.165, 1.54) is 27.1 Å². The molecule has 0 fully saturated rings. The van der Waals surface area contributed by atoms with E-state index < -0.39 is 0 Å². The van der Waals surface area contributed by atoms with E-state index in [4.69, 9.17) is 0 Å². The third kappa shape index (κ3) is 2.27. The van der Waals surface area contributed by atoms with E-state index >= 15 is 0 Å². The predicted molar refractivity (Wildman–Crippen MR) is 87.6 cm³/mol. The Bertz CT molecular complexity index is 621. The van der Waals surface area contributed by atoms with E-state index in [1.807, 2.05) is 11.8 Å². The van der Waals surface area contributed by atoms with Gasteiger partial charge in [-0.15, -0.1) is 11.8 Å². The van der Waals surface area contributed by atoms with E-state index in [9.17, 15) is 0 Å². The molecule has 2 atom stereocenters. The summed E-state index contributed by atoms with van der Waals surface area (Å²) >= 11 is 1.98. The Balaban J connectivity index is 2.02. The van der Waals surface area contributed by atoms with Crippen LogP contribution in [0.3, 0.4) is 0 Å². The minimum Gasteiger partial charge on any atom is -0.312 e. The maximum absolute atomic E-state index is 3.56. The van der Waals surface area contributed by atoms with Gasteiger partial charge in [-0.2, -0.15) is 0 Å². The SMILES string of the molecule is CNC(c1cccc(C)c1C)C1CSc2ccccc21. The molecule has 3 rings (SSSR count). The molecule has 1 aliphatic heterocycles. The topological polar surface area (TPSA) is 12.0 Å². The Kier molecular flexibility index (Phi) is 3.86. The van der Waals surface area contributed by atoms with Crippen LogP contribution in [-0.2, 0) is 0 Å².